The molecule has 0 unspecified atom stereocenters. The summed E-state index contributed by atoms with van der Waals surface area (Å²) in [6, 6.07) is 18.0. The number of ether oxygens (including phenoxy) is 1. The summed E-state index contributed by atoms with van der Waals surface area (Å²) in [6.45, 7) is 3.87. The number of imide groups is 1. The largest absolute Gasteiger partial charge is 0.454 e. The van der Waals surface area contributed by atoms with E-state index >= 15 is 0 Å². The summed E-state index contributed by atoms with van der Waals surface area (Å²) in [7, 11) is 0. The van der Waals surface area contributed by atoms with Crippen molar-refractivity contribution < 1.29 is 19.1 Å². The molecule has 0 aromatic heterocycles. The Morgan fingerprint density at radius 1 is 1.00 bits per heavy atom. The molecule has 0 spiro atoms. The van der Waals surface area contributed by atoms with Crippen molar-refractivity contribution in [3.8, 4) is 0 Å². The minimum atomic E-state index is -1.01. The van der Waals surface area contributed by atoms with Gasteiger partial charge in [0.15, 0.2) is 0 Å². The lowest BCUT2D eigenvalue weighted by atomic mass is 9.75. The van der Waals surface area contributed by atoms with Crippen molar-refractivity contribution in [2.75, 3.05) is 0 Å². The Hall–Kier alpha value is -2.95. The smallest absolute Gasteiger partial charge is 0.397 e. The zero-order chi connectivity index (χ0) is 18.7. The van der Waals surface area contributed by atoms with Gasteiger partial charge in [0.25, 0.3) is 0 Å². The van der Waals surface area contributed by atoms with Gasteiger partial charge < -0.3 is 4.74 Å². The summed E-state index contributed by atoms with van der Waals surface area (Å²) in [5.41, 5.74) is 1.62. The molecule has 0 aliphatic carbocycles. The molecule has 5 heteroatoms. The maximum Gasteiger partial charge on any atom is 0.397 e. The van der Waals surface area contributed by atoms with Crippen LogP contribution in [0.4, 0.5) is 0 Å². The summed E-state index contributed by atoms with van der Waals surface area (Å²) in [6.07, 6.45) is 0. The van der Waals surface area contributed by atoms with Gasteiger partial charge in [-0.05, 0) is 17.0 Å². The van der Waals surface area contributed by atoms with Crippen molar-refractivity contribution in [2.45, 2.75) is 26.5 Å². The number of hydrogen-bond acceptors (Lipinski definition) is 4. The Morgan fingerprint density at radius 3 is 2.15 bits per heavy atom. The van der Waals surface area contributed by atoms with E-state index in [0.29, 0.717) is 0 Å². The normalized spacial score (nSPS) is 19.2. The molecular formula is C21H21NO4. The molecular weight excluding hydrogens is 330 g/mol. The summed E-state index contributed by atoms with van der Waals surface area (Å²) >= 11 is 0. The first-order valence-corrected chi connectivity index (χ1v) is 8.63. The maximum absolute atomic E-state index is 12.5. The van der Waals surface area contributed by atoms with Crippen molar-refractivity contribution in [1.29, 1.82) is 0 Å². The van der Waals surface area contributed by atoms with Crippen LogP contribution in [0.3, 0.4) is 0 Å². The predicted octanol–water partition coefficient (Wildman–Crippen LogP) is 3.11. The van der Waals surface area contributed by atoms with Gasteiger partial charge >= 0.3 is 11.9 Å². The van der Waals surface area contributed by atoms with Crippen LogP contribution in [0.1, 0.15) is 31.0 Å². The number of amides is 2. The number of hydrogen-bond donors (Lipinski definition) is 0. The second-order valence-electron chi connectivity index (χ2n) is 6.70. The number of β-lactam (4-membered cyclic amide) rings is 1. The second-order valence-corrected chi connectivity index (χ2v) is 6.70. The summed E-state index contributed by atoms with van der Waals surface area (Å²) in [5.74, 6) is -2.49. The van der Waals surface area contributed by atoms with Crippen molar-refractivity contribution in [3.63, 3.8) is 0 Å². The van der Waals surface area contributed by atoms with Crippen LogP contribution in [-0.4, -0.2) is 22.7 Å². The third-order valence-electron chi connectivity index (χ3n) is 4.61. The number of nitrogens with zero attached hydrogens (tertiary/aromatic N) is 1. The molecule has 134 valence electrons. The van der Waals surface area contributed by atoms with Crippen LogP contribution in [-0.2, 0) is 25.7 Å². The SMILES string of the molecule is CC(C)[C@H]1C(=O)N(C(=O)C(=O)OCc2ccccc2)[C@H]1c1ccccc1. The molecule has 3 rings (SSSR count). The van der Waals surface area contributed by atoms with Gasteiger partial charge in [-0.3, -0.25) is 14.5 Å². The molecule has 5 nitrogen and oxygen atoms in total. The van der Waals surface area contributed by atoms with Crippen LogP contribution in [0, 0.1) is 11.8 Å². The standard InChI is InChI=1S/C21H21NO4/c1-14(2)17-18(16-11-7-4-8-12-16)22(19(17)23)20(24)21(25)26-13-15-9-5-3-6-10-15/h3-12,14,17-18H,13H2,1-2H3/t17-,18+/m1/s1. The highest BCUT2D eigenvalue weighted by Crippen LogP contribution is 2.44. The molecule has 1 aliphatic rings. The molecule has 2 amide bonds. The number of likely N-dealkylation sites (tertiary alicyclic amines) is 1. The molecule has 26 heavy (non-hydrogen) atoms. The third kappa shape index (κ3) is 3.38. The van der Waals surface area contributed by atoms with Crippen molar-refractivity contribution in [2.24, 2.45) is 11.8 Å². The first kappa shape index (κ1) is 17.9. The lowest BCUT2D eigenvalue weighted by molar-refractivity contribution is -0.178. The van der Waals surface area contributed by atoms with Gasteiger partial charge in [0.05, 0.1) is 12.0 Å². The molecule has 1 heterocycles. The van der Waals surface area contributed by atoms with E-state index in [1.807, 2.05) is 62.4 Å². The second kappa shape index (κ2) is 7.52. The van der Waals surface area contributed by atoms with E-state index in [9.17, 15) is 14.4 Å². The Morgan fingerprint density at radius 2 is 1.58 bits per heavy atom. The average molecular weight is 351 g/mol. The summed E-state index contributed by atoms with van der Waals surface area (Å²) in [5, 5.41) is 0. The van der Waals surface area contributed by atoms with Crippen LogP contribution in [0.15, 0.2) is 60.7 Å². The summed E-state index contributed by atoms with van der Waals surface area (Å²) < 4.78 is 5.09. The highest BCUT2D eigenvalue weighted by atomic mass is 16.5. The van der Waals surface area contributed by atoms with E-state index < -0.39 is 17.9 Å². The van der Waals surface area contributed by atoms with E-state index in [0.717, 1.165) is 16.0 Å². The van der Waals surface area contributed by atoms with Gasteiger partial charge in [0.2, 0.25) is 5.91 Å². The van der Waals surface area contributed by atoms with Crippen LogP contribution < -0.4 is 0 Å². The minimum absolute atomic E-state index is 0.00292. The van der Waals surface area contributed by atoms with Crippen molar-refractivity contribution in [1.82, 2.24) is 4.90 Å². The van der Waals surface area contributed by atoms with Crippen LogP contribution >= 0.6 is 0 Å². The number of carbonyl (C=O) groups is 3. The number of carbonyl (C=O) groups excluding carboxylic acids is 3. The fraction of sp³-hybridized carbons (Fsp3) is 0.286. The van der Waals surface area contributed by atoms with E-state index in [4.69, 9.17) is 4.74 Å². The van der Waals surface area contributed by atoms with Crippen LogP contribution in [0.25, 0.3) is 0 Å². The fourth-order valence-corrected chi connectivity index (χ4v) is 3.28. The van der Waals surface area contributed by atoms with Gasteiger partial charge in [-0.2, -0.15) is 0 Å². The maximum atomic E-state index is 12.5. The Kier molecular flexibility index (Phi) is 5.16. The zero-order valence-corrected chi connectivity index (χ0v) is 14.8. The monoisotopic (exact) mass is 351 g/mol. The van der Waals surface area contributed by atoms with E-state index in [1.165, 1.54) is 0 Å². The molecule has 1 aliphatic heterocycles. The van der Waals surface area contributed by atoms with Crippen molar-refractivity contribution >= 4 is 17.8 Å². The Bertz CT molecular complexity index is 801. The lowest BCUT2D eigenvalue weighted by Gasteiger charge is -2.47. The molecule has 0 bridgehead atoms. The van der Waals surface area contributed by atoms with Gasteiger partial charge in [-0.1, -0.05) is 74.5 Å². The molecule has 0 saturated carbocycles. The molecule has 0 N–H and O–H groups in total. The van der Waals surface area contributed by atoms with Crippen molar-refractivity contribution in [3.05, 3.63) is 71.8 Å². The first-order valence-electron chi connectivity index (χ1n) is 8.63. The highest BCUT2D eigenvalue weighted by Gasteiger charge is 2.54. The minimum Gasteiger partial charge on any atom is -0.454 e. The van der Waals surface area contributed by atoms with Crippen LogP contribution in [0.5, 0.6) is 0 Å². The van der Waals surface area contributed by atoms with Crippen LogP contribution in [0.2, 0.25) is 0 Å². The highest BCUT2D eigenvalue weighted by molar-refractivity contribution is 6.36. The fourth-order valence-electron chi connectivity index (χ4n) is 3.28. The number of benzene rings is 2. The van der Waals surface area contributed by atoms with Gasteiger partial charge in [-0.25, -0.2) is 4.79 Å². The predicted molar refractivity (Wildman–Crippen MR) is 95.6 cm³/mol. The molecule has 2 aromatic rings. The number of rotatable bonds is 4. The number of esters is 1. The molecule has 1 saturated heterocycles. The quantitative estimate of drug-likeness (QED) is 0.482. The molecule has 0 radical (unpaired) electrons. The molecule has 1 fully saturated rings. The zero-order valence-electron chi connectivity index (χ0n) is 14.8. The van der Waals surface area contributed by atoms with E-state index in [1.54, 1.807) is 12.1 Å². The van der Waals surface area contributed by atoms with E-state index in [-0.39, 0.29) is 24.3 Å². The Labute approximate surface area is 152 Å². The average Bonchev–Trinajstić information content (AvgIpc) is 2.65. The van der Waals surface area contributed by atoms with Gasteiger partial charge in [0, 0.05) is 0 Å². The molecule has 2 atom stereocenters. The first-order chi connectivity index (χ1) is 12.5. The van der Waals surface area contributed by atoms with Gasteiger partial charge in [-0.15, -0.1) is 0 Å². The lowest BCUT2D eigenvalue weighted by Crippen LogP contribution is -2.60. The molecule has 2 aromatic carbocycles. The Balaban J connectivity index is 1.74. The summed E-state index contributed by atoms with van der Waals surface area (Å²) in [4.78, 5) is 38.3. The van der Waals surface area contributed by atoms with Gasteiger partial charge in [0.1, 0.15) is 6.61 Å². The topological polar surface area (TPSA) is 63.7 Å². The van der Waals surface area contributed by atoms with E-state index in [2.05, 4.69) is 0 Å². The third-order valence-corrected chi connectivity index (χ3v) is 4.61.